The van der Waals surface area contributed by atoms with Gasteiger partial charge in [-0.3, -0.25) is 0 Å². The second kappa shape index (κ2) is 10.3. The number of hydrogen-bond donors (Lipinski definition) is 2. The Balaban J connectivity index is 1.32. The number of benzene rings is 1. The highest BCUT2D eigenvalue weighted by atomic mass is 79.9. The van der Waals surface area contributed by atoms with Crippen LogP contribution in [0.1, 0.15) is 49.3 Å². The highest BCUT2D eigenvalue weighted by molar-refractivity contribution is 9.11. The van der Waals surface area contributed by atoms with Gasteiger partial charge in [-0.15, -0.1) is 5.10 Å². The van der Waals surface area contributed by atoms with Gasteiger partial charge in [-0.25, -0.2) is 32.0 Å². The van der Waals surface area contributed by atoms with Crippen LogP contribution in [0.5, 0.6) is 0 Å². The lowest BCUT2D eigenvalue weighted by Crippen LogP contribution is -2.39. The molecule has 216 valence electrons. The van der Waals surface area contributed by atoms with E-state index in [9.17, 15) is 22.3 Å². The zero-order chi connectivity index (χ0) is 28.3. The van der Waals surface area contributed by atoms with Crippen molar-refractivity contribution in [3.8, 4) is 17.1 Å². The smallest absolute Gasteiger partial charge is 0.251 e. The summed E-state index contributed by atoms with van der Waals surface area (Å²) < 4.78 is 54.0. The minimum atomic E-state index is -4.01. The van der Waals surface area contributed by atoms with Gasteiger partial charge in [0.05, 0.1) is 24.2 Å². The fourth-order valence-corrected chi connectivity index (χ4v) is 7.90. The molecule has 10 nitrogen and oxygen atoms in total. The van der Waals surface area contributed by atoms with Gasteiger partial charge in [0.1, 0.15) is 20.4 Å². The Kier molecular flexibility index (Phi) is 7.17. The number of anilines is 2. The van der Waals surface area contributed by atoms with E-state index in [1.807, 2.05) is 4.90 Å². The maximum Gasteiger partial charge on any atom is 0.251 e. The van der Waals surface area contributed by atoms with Crippen molar-refractivity contribution in [1.29, 1.82) is 0 Å². The Morgan fingerprint density at radius 1 is 1.05 bits per heavy atom. The number of rotatable bonds is 7. The Morgan fingerprint density at radius 3 is 2.35 bits per heavy atom. The third kappa shape index (κ3) is 5.50. The first-order valence-corrected chi connectivity index (χ1v) is 16.4. The molecule has 3 N–H and O–H groups in total. The molecule has 2 aliphatic heterocycles. The van der Waals surface area contributed by atoms with Gasteiger partial charge < -0.3 is 14.9 Å². The number of aliphatic hydroxyl groups excluding tert-OH is 1. The number of alkyl halides is 2. The van der Waals surface area contributed by atoms with E-state index in [1.54, 1.807) is 29.1 Å². The van der Waals surface area contributed by atoms with Crippen LogP contribution >= 0.6 is 27.3 Å². The van der Waals surface area contributed by atoms with Crippen molar-refractivity contribution in [2.75, 3.05) is 42.6 Å². The summed E-state index contributed by atoms with van der Waals surface area (Å²) in [5.74, 6) is -2.64. The topological polar surface area (TPSA) is 130 Å². The number of hydrogen-bond acceptors (Lipinski definition) is 9. The molecule has 1 aromatic carbocycles. The Labute approximate surface area is 243 Å². The van der Waals surface area contributed by atoms with E-state index in [0.717, 1.165) is 35.4 Å². The largest absolute Gasteiger partial charge is 0.395 e. The molecule has 0 amide bonds. The van der Waals surface area contributed by atoms with Crippen molar-refractivity contribution in [3.05, 3.63) is 33.7 Å². The monoisotopic (exact) mass is 657 g/mol. The molecule has 2 saturated heterocycles. The summed E-state index contributed by atoms with van der Waals surface area (Å²) in [5.41, 5.74) is 3.45. The second-order valence-corrected chi connectivity index (χ2v) is 15.0. The molecule has 1 atom stereocenters. The molecule has 3 aliphatic rings. The summed E-state index contributed by atoms with van der Waals surface area (Å²) in [7, 11) is -4.01. The molecule has 0 radical (unpaired) electrons. The van der Waals surface area contributed by atoms with E-state index < -0.39 is 27.8 Å². The van der Waals surface area contributed by atoms with Gasteiger partial charge in [0.25, 0.3) is 5.92 Å². The van der Waals surface area contributed by atoms with Gasteiger partial charge in [-0.1, -0.05) is 22.6 Å². The molecule has 0 bridgehead atoms. The molecule has 1 unspecified atom stereocenters. The predicted molar refractivity (Wildman–Crippen MR) is 153 cm³/mol. The highest BCUT2D eigenvalue weighted by Gasteiger charge is 2.44. The van der Waals surface area contributed by atoms with Crippen molar-refractivity contribution in [3.63, 3.8) is 0 Å². The summed E-state index contributed by atoms with van der Waals surface area (Å²) in [6.45, 7) is 1.50. The Morgan fingerprint density at radius 2 is 1.73 bits per heavy atom. The van der Waals surface area contributed by atoms with Crippen molar-refractivity contribution < 1.29 is 22.3 Å². The number of thiazole rings is 1. The molecule has 4 heterocycles. The number of nitrogens with two attached hydrogens (primary N) is 1. The maximum absolute atomic E-state index is 13.6. The second-order valence-electron chi connectivity index (χ2n) is 11.0. The van der Waals surface area contributed by atoms with Crippen molar-refractivity contribution >= 4 is 48.1 Å². The molecular weight excluding hydrogens is 628 g/mol. The van der Waals surface area contributed by atoms with Crippen LogP contribution in [0.2, 0.25) is 0 Å². The molecule has 3 aromatic rings. The van der Waals surface area contributed by atoms with Crippen molar-refractivity contribution in [2.45, 2.75) is 49.7 Å². The zero-order valence-corrected chi connectivity index (χ0v) is 24.9. The van der Waals surface area contributed by atoms with Gasteiger partial charge in [0.2, 0.25) is 10.0 Å². The van der Waals surface area contributed by atoms with Crippen LogP contribution in [-0.4, -0.2) is 72.2 Å². The molecule has 3 fully saturated rings. The number of nitrogens with zero attached hydrogens (tertiary/aromatic N) is 6. The van der Waals surface area contributed by atoms with E-state index in [-0.39, 0.29) is 25.9 Å². The predicted octanol–water partition coefficient (Wildman–Crippen LogP) is 4.09. The molecule has 1 spiro atoms. The van der Waals surface area contributed by atoms with Crippen LogP contribution in [0.25, 0.3) is 17.1 Å². The number of aromatic nitrogens is 4. The fourth-order valence-electron chi connectivity index (χ4n) is 5.58. The van der Waals surface area contributed by atoms with Crippen LogP contribution in [0.15, 0.2) is 28.2 Å². The first-order chi connectivity index (χ1) is 19.0. The Bertz CT molecular complexity index is 1510. The van der Waals surface area contributed by atoms with E-state index in [4.69, 9.17) is 5.14 Å². The molecule has 15 heteroatoms. The van der Waals surface area contributed by atoms with Crippen molar-refractivity contribution in [1.82, 2.24) is 20.0 Å². The standard InChI is InChI=1S/C25H30BrF2N7O3S2/c26-22-21(30-23(39-22)34-11-7-25(27,28)8-12-34)17-14-35(32-31-17)18-2-1-16(20(15-36)40(29,37)38)13-19(18)33-9-5-24(3-4-24)6-10-33/h1-2,13-14,20,36H,3-12,15H2,(H2,29,37,38). The van der Waals surface area contributed by atoms with E-state index in [1.165, 1.54) is 24.2 Å². The molecule has 2 aromatic heterocycles. The van der Waals surface area contributed by atoms with E-state index in [0.29, 0.717) is 33.2 Å². The summed E-state index contributed by atoms with van der Waals surface area (Å²) in [4.78, 5) is 8.78. The fraction of sp³-hybridized carbons (Fsp3) is 0.560. The Hall–Kier alpha value is -2.20. The van der Waals surface area contributed by atoms with E-state index in [2.05, 4.69) is 36.1 Å². The SMILES string of the molecule is NS(=O)(=O)C(CO)c1ccc(-n2cc(-c3nc(N4CCC(F)(F)CC4)sc3Br)nn2)c(N2CCC3(CC2)CC3)c1. The van der Waals surface area contributed by atoms with Gasteiger partial charge in [0, 0.05) is 39.0 Å². The van der Waals surface area contributed by atoms with Gasteiger partial charge >= 0.3 is 0 Å². The quantitative estimate of drug-likeness (QED) is 0.389. The van der Waals surface area contributed by atoms with Crippen LogP contribution in [-0.2, 0) is 10.0 Å². The van der Waals surface area contributed by atoms with E-state index >= 15 is 0 Å². The van der Waals surface area contributed by atoms with Gasteiger partial charge in [-0.2, -0.15) is 0 Å². The summed E-state index contributed by atoms with van der Waals surface area (Å²) in [5, 5.41) is 23.4. The molecule has 1 aliphatic carbocycles. The number of aliphatic hydroxyl groups is 1. The van der Waals surface area contributed by atoms with Crippen molar-refractivity contribution in [2.24, 2.45) is 10.6 Å². The lowest BCUT2D eigenvalue weighted by atomic mass is 9.93. The lowest BCUT2D eigenvalue weighted by molar-refractivity contribution is -0.0220. The average molecular weight is 659 g/mol. The van der Waals surface area contributed by atoms with Gasteiger partial charge in [0.15, 0.2) is 5.13 Å². The van der Waals surface area contributed by atoms with Crippen LogP contribution in [0.4, 0.5) is 19.6 Å². The molecular formula is C25H30BrF2N7O3S2. The third-order valence-electron chi connectivity index (χ3n) is 8.38. The minimum absolute atomic E-state index is 0.200. The zero-order valence-electron chi connectivity index (χ0n) is 21.6. The number of piperidine rings is 2. The maximum atomic E-state index is 13.6. The minimum Gasteiger partial charge on any atom is -0.395 e. The number of halogens is 3. The normalized spacial score (nSPS) is 21.1. The average Bonchev–Trinajstić information content (AvgIpc) is 3.29. The molecule has 6 rings (SSSR count). The summed E-state index contributed by atoms with van der Waals surface area (Å²) >= 11 is 4.93. The van der Waals surface area contributed by atoms with Crippen LogP contribution < -0.4 is 14.9 Å². The lowest BCUT2D eigenvalue weighted by Gasteiger charge is -2.35. The molecule has 1 saturated carbocycles. The number of primary sulfonamides is 1. The number of sulfonamides is 1. The highest BCUT2D eigenvalue weighted by Crippen LogP contribution is 2.54. The molecule has 40 heavy (non-hydrogen) atoms. The third-order valence-corrected chi connectivity index (χ3v) is 11.4. The van der Waals surface area contributed by atoms with Gasteiger partial charge in [-0.05, 0) is 64.7 Å². The first-order valence-electron chi connectivity index (χ1n) is 13.2. The van der Waals surface area contributed by atoms with Crippen LogP contribution in [0.3, 0.4) is 0 Å². The van der Waals surface area contributed by atoms with Crippen LogP contribution in [0, 0.1) is 5.41 Å². The first kappa shape index (κ1) is 27.9. The summed E-state index contributed by atoms with van der Waals surface area (Å²) in [6.07, 6.45) is 5.99. The summed E-state index contributed by atoms with van der Waals surface area (Å²) in [6, 6.07) is 5.19.